The van der Waals surface area contributed by atoms with Crippen LogP contribution in [0.3, 0.4) is 0 Å². The van der Waals surface area contributed by atoms with E-state index in [-0.39, 0.29) is 17.6 Å². The summed E-state index contributed by atoms with van der Waals surface area (Å²) in [6, 6.07) is 10.9. The Bertz CT molecular complexity index is 542. The second kappa shape index (κ2) is 5.27. The highest BCUT2D eigenvalue weighted by molar-refractivity contribution is 6.30. The third-order valence-corrected chi connectivity index (χ3v) is 2.94. The van der Waals surface area contributed by atoms with E-state index in [4.69, 9.17) is 11.6 Å². The van der Waals surface area contributed by atoms with E-state index in [0.29, 0.717) is 10.6 Å². The normalized spacial score (nSPS) is 12.2. The first kappa shape index (κ1) is 12.7. The molecule has 0 radical (unpaired) electrons. The van der Waals surface area contributed by atoms with Gasteiger partial charge in [0.05, 0.1) is 6.04 Å². The highest BCUT2D eigenvalue weighted by Crippen LogP contribution is 2.27. The van der Waals surface area contributed by atoms with Crippen LogP contribution in [0, 0.1) is 5.82 Å². The minimum atomic E-state index is -0.368. The summed E-state index contributed by atoms with van der Waals surface area (Å²) < 4.78 is 13.1. The van der Waals surface area contributed by atoms with E-state index in [1.165, 1.54) is 18.2 Å². The maximum atomic E-state index is 13.1. The number of nitrogens with one attached hydrogen (secondary N) is 1. The van der Waals surface area contributed by atoms with Crippen molar-refractivity contribution in [1.82, 2.24) is 0 Å². The van der Waals surface area contributed by atoms with Gasteiger partial charge in [-0.2, -0.15) is 0 Å². The Hall–Kier alpha value is -1.74. The number of phenols is 1. The van der Waals surface area contributed by atoms with Crippen molar-refractivity contribution in [2.45, 2.75) is 13.0 Å². The number of hydrogen-bond acceptors (Lipinski definition) is 2. The van der Waals surface area contributed by atoms with Crippen molar-refractivity contribution in [3.8, 4) is 5.75 Å². The lowest BCUT2D eigenvalue weighted by atomic mass is 10.1. The van der Waals surface area contributed by atoms with Crippen LogP contribution in [0.1, 0.15) is 18.5 Å². The third-order valence-electron chi connectivity index (χ3n) is 2.68. The van der Waals surface area contributed by atoms with Crippen molar-refractivity contribution in [3.05, 3.63) is 58.9 Å². The summed E-state index contributed by atoms with van der Waals surface area (Å²) in [6.45, 7) is 1.85. The van der Waals surface area contributed by atoms with Gasteiger partial charge in [0, 0.05) is 16.3 Å². The van der Waals surface area contributed by atoms with Gasteiger partial charge in [0.1, 0.15) is 11.6 Å². The molecule has 0 aliphatic rings. The molecule has 0 aliphatic heterocycles. The molecule has 2 nitrogen and oxygen atoms in total. The molecule has 2 N–H and O–H groups in total. The maximum absolute atomic E-state index is 13.1. The molecule has 2 aromatic rings. The highest BCUT2D eigenvalue weighted by atomic mass is 35.5. The zero-order valence-electron chi connectivity index (χ0n) is 9.82. The Morgan fingerprint density at radius 1 is 1.17 bits per heavy atom. The van der Waals surface area contributed by atoms with Crippen molar-refractivity contribution in [2.75, 3.05) is 5.32 Å². The van der Waals surface area contributed by atoms with E-state index in [9.17, 15) is 9.50 Å². The van der Waals surface area contributed by atoms with Crippen molar-refractivity contribution >= 4 is 17.3 Å². The van der Waals surface area contributed by atoms with E-state index < -0.39 is 0 Å². The molecule has 0 bridgehead atoms. The van der Waals surface area contributed by atoms with Crippen molar-refractivity contribution in [3.63, 3.8) is 0 Å². The number of anilines is 1. The molecule has 18 heavy (non-hydrogen) atoms. The molecule has 0 aliphatic carbocycles. The summed E-state index contributed by atoms with van der Waals surface area (Å²) in [5.74, 6) is -0.294. The van der Waals surface area contributed by atoms with Gasteiger partial charge in [0.15, 0.2) is 0 Å². The van der Waals surface area contributed by atoms with Crippen LogP contribution >= 0.6 is 11.6 Å². The van der Waals surface area contributed by atoms with E-state index in [0.717, 1.165) is 5.69 Å². The average Bonchev–Trinajstić information content (AvgIpc) is 2.35. The molecule has 0 saturated carbocycles. The second-order valence-electron chi connectivity index (χ2n) is 4.08. The van der Waals surface area contributed by atoms with Crippen molar-refractivity contribution < 1.29 is 9.50 Å². The van der Waals surface area contributed by atoms with E-state index in [1.54, 1.807) is 12.1 Å². The summed E-state index contributed by atoms with van der Waals surface area (Å²) in [5.41, 5.74) is 1.38. The van der Waals surface area contributed by atoms with E-state index >= 15 is 0 Å². The molecule has 0 heterocycles. The van der Waals surface area contributed by atoms with Crippen LogP contribution in [0.2, 0.25) is 5.02 Å². The predicted octanol–water partition coefficient (Wildman–Crippen LogP) is 4.36. The quantitative estimate of drug-likeness (QED) is 0.864. The standard InChI is InChI=1S/C14H13ClFNO/c1-9(13-8-11(16)4-7-14(13)18)17-12-5-2-10(15)3-6-12/h2-9,17-18H,1H3. The Morgan fingerprint density at radius 3 is 2.50 bits per heavy atom. The van der Waals surface area contributed by atoms with Crippen molar-refractivity contribution in [1.29, 1.82) is 0 Å². The minimum absolute atomic E-state index is 0.0744. The monoisotopic (exact) mass is 265 g/mol. The molecule has 4 heteroatoms. The summed E-state index contributed by atoms with van der Waals surface area (Å²) >= 11 is 5.79. The zero-order chi connectivity index (χ0) is 13.1. The van der Waals surface area contributed by atoms with Gasteiger partial charge in [-0.1, -0.05) is 11.6 Å². The van der Waals surface area contributed by atoms with Gasteiger partial charge in [-0.05, 0) is 49.4 Å². The van der Waals surface area contributed by atoms with Crippen LogP contribution in [-0.4, -0.2) is 5.11 Å². The zero-order valence-corrected chi connectivity index (χ0v) is 10.6. The first-order chi connectivity index (χ1) is 8.56. The Labute approximate surface area is 110 Å². The van der Waals surface area contributed by atoms with Crippen LogP contribution in [-0.2, 0) is 0 Å². The third kappa shape index (κ3) is 2.93. The average molecular weight is 266 g/mol. The van der Waals surface area contributed by atoms with Crippen LogP contribution in [0.4, 0.5) is 10.1 Å². The second-order valence-corrected chi connectivity index (χ2v) is 4.51. The summed E-state index contributed by atoms with van der Waals surface area (Å²) in [4.78, 5) is 0. The lowest BCUT2D eigenvalue weighted by Crippen LogP contribution is -2.07. The van der Waals surface area contributed by atoms with Gasteiger partial charge in [0.2, 0.25) is 0 Å². The van der Waals surface area contributed by atoms with Gasteiger partial charge in [-0.25, -0.2) is 4.39 Å². The van der Waals surface area contributed by atoms with Gasteiger partial charge in [-0.3, -0.25) is 0 Å². The molecular weight excluding hydrogens is 253 g/mol. The highest BCUT2D eigenvalue weighted by Gasteiger charge is 2.11. The molecule has 1 atom stereocenters. The molecule has 2 rings (SSSR count). The number of phenolic OH excluding ortho intramolecular Hbond substituents is 1. The molecule has 0 saturated heterocycles. The fourth-order valence-electron chi connectivity index (χ4n) is 1.75. The molecule has 0 spiro atoms. The largest absolute Gasteiger partial charge is 0.508 e. The number of aromatic hydroxyl groups is 1. The van der Waals surface area contributed by atoms with Gasteiger partial charge >= 0.3 is 0 Å². The topological polar surface area (TPSA) is 32.3 Å². The smallest absolute Gasteiger partial charge is 0.123 e. The van der Waals surface area contributed by atoms with Gasteiger partial charge in [-0.15, -0.1) is 0 Å². The van der Waals surface area contributed by atoms with Crippen LogP contribution in [0.5, 0.6) is 5.75 Å². The lowest BCUT2D eigenvalue weighted by molar-refractivity contribution is 0.462. The number of hydrogen-bond donors (Lipinski definition) is 2. The summed E-state index contributed by atoms with van der Waals surface area (Å²) in [7, 11) is 0. The van der Waals surface area contributed by atoms with Crippen molar-refractivity contribution in [2.24, 2.45) is 0 Å². The molecule has 0 fully saturated rings. The molecule has 0 aromatic heterocycles. The van der Waals surface area contributed by atoms with E-state index in [2.05, 4.69) is 5.32 Å². The Morgan fingerprint density at radius 2 is 1.83 bits per heavy atom. The number of halogens is 2. The van der Waals surface area contributed by atoms with E-state index in [1.807, 2.05) is 19.1 Å². The SMILES string of the molecule is CC(Nc1ccc(Cl)cc1)c1cc(F)ccc1O. The Kier molecular flexibility index (Phi) is 3.72. The maximum Gasteiger partial charge on any atom is 0.123 e. The fraction of sp³-hybridized carbons (Fsp3) is 0.143. The number of rotatable bonds is 3. The lowest BCUT2D eigenvalue weighted by Gasteiger charge is -2.17. The van der Waals surface area contributed by atoms with Gasteiger partial charge in [0.25, 0.3) is 0 Å². The molecular formula is C14H13ClFNO. The molecule has 1 unspecified atom stereocenters. The summed E-state index contributed by atoms with van der Waals surface area (Å²) in [6.07, 6.45) is 0. The molecule has 94 valence electrons. The fourth-order valence-corrected chi connectivity index (χ4v) is 1.87. The molecule has 2 aromatic carbocycles. The first-order valence-corrected chi connectivity index (χ1v) is 5.94. The minimum Gasteiger partial charge on any atom is -0.508 e. The van der Waals surface area contributed by atoms with Crippen LogP contribution in [0.15, 0.2) is 42.5 Å². The van der Waals surface area contributed by atoms with Gasteiger partial charge < -0.3 is 10.4 Å². The van der Waals surface area contributed by atoms with Crippen LogP contribution < -0.4 is 5.32 Å². The summed E-state index contributed by atoms with van der Waals surface area (Å²) in [5, 5.41) is 13.5. The predicted molar refractivity (Wildman–Crippen MR) is 71.6 cm³/mol. The first-order valence-electron chi connectivity index (χ1n) is 5.57. The van der Waals surface area contributed by atoms with Crippen LogP contribution in [0.25, 0.3) is 0 Å². The Balaban J connectivity index is 2.18. The number of benzene rings is 2. The molecule has 0 amide bonds.